The number of nitrogens with two attached hydrogens (primary N) is 1. The first-order valence-electron chi connectivity index (χ1n) is 6.17. The zero-order chi connectivity index (χ0) is 11.7. The molecule has 0 saturated carbocycles. The number of hydrogen-bond donors (Lipinski definition) is 1. The van der Waals surface area contributed by atoms with Gasteiger partial charge < -0.3 is 10.5 Å². The van der Waals surface area contributed by atoms with Gasteiger partial charge in [0, 0.05) is 18.5 Å². The average molecular weight is 231 g/mol. The Kier molecular flexibility index (Phi) is 2.82. The van der Waals surface area contributed by atoms with Crippen molar-refractivity contribution in [3.8, 4) is 0 Å². The second-order valence-corrected chi connectivity index (χ2v) is 4.46. The molecule has 1 aliphatic heterocycles. The third-order valence-corrected chi connectivity index (χ3v) is 3.38. The summed E-state index contributed by atoms with van der Waals surface area (Å²) in [4.78, 5) is 0. The van der Waals surface area contributed by atoms with Crippen LogP contribution in [0.1, 0.15) is 31.1 Å². The molecular weight excluding hydrogens is 214 g/mol. The van der Waals surface area contributed by atoms with E-state index in [9.17, 15) is 0 Å². The molecule has 1 saturated heterocycles. The molecule has 0 spiro atoms. The Morgan fingerprint density at radius 2 is 2.35 bits per heavy atom. The van der Waals surface area contributed by atoms with E-state index < -0.39 is 0 Å². The van der Waals surface area contributed by atoms with E-state index in [2.05, 4.69) is 17.2 Å². The van der Waals surface area contributed by atoms with Gasteiger partial charge in [-0.2, -0.15) is 5.10 Å². The summed E-state index contributed by atoms with van der Waals surface area (Å²) in [6, 6.07) is 6.17. The molecule has 90 valence electrons. The fourth-order valence-corrected chi connectivity index (χ4v) is 2.45. The van der Waals surface area contributed by atoms with Gasteiger partial charge in [-0.15, -0.1) is 0 Å². The van der Waals surface area contributed by atoms with Crippen LogP contribution in [0.3, 0.4) is 0 Å². The lowest BCUT2D eigenvalue weighted by molar-refractivity contribution is -0.0366. The predicted octanol–water partition coefficient (Wildman–Crippen LogP) is 2.19. The van der Waals surface area contributed by atoms with Crippen LogP contribution >= 0.6 is 0 Å². The molecule has 1 atom stereocenters. The van der Waals surface area contributed by atoms with Gasteiger partial charge in [-0.3, -0.25) is 0 Å². The fourth-order valence-electron chi connectivity index (χ4n) is 2.45. The topological polar surface area (TPSA) is 53.1 Å². The average Bonchev–Trinajstić information content (AvgIpc) is 2.83. The van der Waals surface area contributed by atoms with Crippen LogP contribution in [0.2, 0.25) is 0 Å². The smallest absolute Gasteiger partial charge is 0.150 e. The molecule has 1 aromatic heterocycles. The summed E-state index contributed by atoms with van der Waals surface area (Å²) < 4.78 is 7.77. The minimum atomic E-state index is 0.0919. The molecule has 2 aromatic rings. The van der Waals surface area contributed by atoms with Gasteiger partial charge in [0.2, 0.25) is 0 Å². The highest BCUT2D eigenvalue weighted by molar-refractivity contribution is 5.82. The third kappa shape index (κ3) is 1.83. The van der Waals surface area contributed by atoms with Gasteiger partial charge >= 0.3 is 0 Å². The highest BCUT2D eigenvalue weighted by Crippen LogP contribution is 2.27. The van der Waals surface area contributed by atoms with Crippen molar-refractivity contribution in [3.05, 3.63) is 30.0 Å². The molecule has 1 aromatic carbocycles. The van der Waals surface area contributed by atoms with E-state index >= 15 is 0 Å². The van der Waals surface area contributed by atoms with Crippen LogP contribution in [-0.2, 0) is 11.3 Å². The predicted molar refractivity (Wildman–Crippen MR) is 66.5 cm³/mol. The zero-order valence-electron chi connectivity index (χ0n) is 9.80. The van der Waals surface area contributed by atoms with E-state index in [1.54, 1.807) is 0 Å². The molecule has 0 radical (unpaired) electrons. The number of aromatic nitrogens is 2. The lowest BCUT2D eigenvalue weighted by Gasteiger charge is -2.23. The summed E-state index contributed by atoms with van der Waals surface area (Å²) in [6.45, 7) is 1.39. The maximum absolute atomic E-state index is 5.77. The molecule has 17 heavy (non-hydrogen) atoms. The highest BCUT2D eigenvalue weighted by atomic mass is 16.5. The van der Waals surface area contributed by atoms with Crippen LogP contribution in [0, 0.1) is 0 Å². The van der Waals surface area contributed by atoms with E-state index in [0.717, 1.165) is 35.9 Å². The van der Waals surface area contributed by atoms with E-state index in [1.165, 1.54) is 6.42 Å². The van der Waals surface area contributed by atoms with Gasteiger partial charge in [0.25, 0.3) is 0 Å². The fraction of sp³-hybridized carbons (Fsp3) is 0.462. The normalized spacial score (nSPS) is 20.9. The number of benzene rings is 1. The van der Waals surface area contributed by atoms with Gasteiger partial charge in [0.15, 0.2) is 6.23 Å². The van der Waals surface area contributed by atoms with Crippen molar-refractivity contribution in [1.82, 2.24) is 9.78 Å². The van der Waals surface area contributed by atoms with Gasteiger partial charge in [-0.05, 0) is 30.9 Å². The van der Waals surface area contributed by atoms with Crippen molar-refractivity contribution < 1.29 is 4.74 Å². The van der Waals surface area contributed by atoms with Crippen molar-refractivity contribution in [3.63, 3.8) is 0 Å². The van der Waals surface area contributed by atoms with Crippen molar-refractivity contribution in [2.24, 2.45) is 5.73 Å². The van der Waals surface area contributed by atoms with E-state index in [-0.39, 0.29) is 6.23 Å². The van der Waals surface area contributed by atoms with Crippen LogP contribution in [0.15, 0.2) is 24.4 Å². The second kappa shape index (κ2) is 4.47. The Labute approximate surface area is 100 Å². The van der Waals surface area contributed by atoms with Crippen molar-refractivity contribution in [2.75, 3.05) is 6.61 Å². The van der Waals surface area contributed by atoms with Crippen LogP contribution in [0.5, 0.6) is 0 Å². The monoisotopic (exact) mass is 231 g/mol. The zero-order valence-corrected chi connectivity index (χ0v) is 9.80. The van der Waals surface area contributed by atoms with Gasteiger partial charge in [0.05, 0.1) is 11.7 Å². The van der Waals surface area contributed by atoms with Gasteiger partial charge in [-0.1, -0.05) is 12.1 Å². The van der Waals surface area contributed by atoms with Crippen molar-refractivity contribution in [1.29, 1.82) is 0 Å². The molecule has 1 fully saturated rings. The van der Waals surface area contributed by atoms with Crippen LogP contribution in [0.25, 0.3) is 10.9 Å². The maximum Gasteiger partial charge on any atom is 0.150 e. The molecule has 0 unspecified atom stereocenters. The summed E-state index contributed by atoms with van der Waals surface area (Å²) in [5.74, 6) is 0. The van der Waals surface area contributed by atoms with E-state index in [4.69, 9.17) is 10.5 Å². The number of rotatable bonds is 2. The summed E-state index contributed by atoms with van der Waals surface area (Å²) in [7, 11) is 0. The van der Waals surface area contributed by atoms with Crippen LogP contribution in [0.4, 0.5) is 0 Å². The Morgan fingerprint density at radius 3 is 3.12 bits per heavy atom. The second-order valence-electron chi connectivity index (χ2n) is 4.46. The summed E-state index contributed by atoms with van der Waals surface area (Å²) in [6.07, 6.45) is 5.40. The van der Waals surface area contributed by atoms with E-state index in [0.29, 0.717) is 6.54 Å². The minimum Gasteiger partial charge on any atom is -0.356 e. The summed E-state index contributed by atoms with van der Waals surface area (Å²) >= 11 is 0. The first-order valence-corrected chi connectivity index (χ1v) is 6.17. The minimum absolute atomic E-state index is 0.0919. The highest BCUT2D eigenvalue weighted by Gasteiger charge is 2.18. The van der Waals surface area contributed by atoms with Crippen LogP contribution in [-0.4, -0.2) is 16.4 Å². The molecular formula is C13H17N3O. The van der Waals surface area contributed by atoms with Crippen LogP contribution < -0.4 is 5.73 Å². The Morgan fingerprint density at radius 1 is 1.41 bits per heavy atom. The quantitative estimate of drug-likeness (QED) is 0.862. The Hall–Kier alpha value is -1.39. The summed E-state index contributed by atoms with van der Waals surface area (Å²) in [5.41, 5.74) is 8.00. The SMILES string of the molecule is NCc1cccc2c1cnn2[C@@H]1CCCCO1. The first-order chi connectivity index (χ1) is 8.40. The third-order valence-electron chi connectivity index (χ3n) is 3.38. The Bertz CT molecular complexity index is 514. The molecule has 0 amide bonds. The molecule has 0 aliphatic carbocycles. The number of ether oxygens (including phenoxy) is 1. The molecule has 2 N–H and O–H groups in total. The van der Waals surface area contributed by atoms with Crippen molar-refractivity contribution >= 4 is 10.9 Å². The molecule has 4 nitrogen and oxygen atoms in total. The number of fused-ring (bicyclic) bond motifs is 1. The molecule has 2 heterocycles. The van der Waals surface area contributed by atoms with E-state index in [1.807, 2.05) is 16.9 Å². The molecule has 3 rings (SSSR count). The molecule has 1 aliphatic rings. The molecule has 0 bridgehead atoms. The molecule has 4 heteroatoms. The first kappa shape index (κ1) is 10.7. The van der Waals surface area contributed by atoms with Gasteiger partial charge in [-0.25, -0.2) is 4.68 Å². The lowest BCUT2D eigenvalue weighted by Crippen LogP contribution is -2.18. The van der Waals surface area contributed by atoms with Crippen molar-refractivity contribution in [2.45, 2.75) is 32.0 Å². The maximum atomic E-state index is 5.77. The standard InChI is InChI=1S/C13H17N3O/c14-8-10-4-3-5-12-11(10)9-15-16(12)13-6-1-2-7-17-13/h3-5,9,13H,1-2,6-8,14H2/t13-/m0/s1. The lowest BCUT2D eigenvalue weighted by atomic mass is 10.1. The van der Waals surface area contributed by atoms with Gasteiger partial charge in [0.1, 0.15) is 0 Å². The number of nitrogens with zero attached hydrogens (tertiary/aromatic N) is 2. The largest absolute Gasteiger partial charge is 0.356 e. The summed E-state index contributed by atoms with van der Waals surface area (Å²) in [5, 5.41) is 5.61. The number of hydrogen-bond acceptors (Lipinski definition) is 3. The Balaban J connectivity index is 2.05.